The quantitative estimate of drug-likeness (QED) is 0.212. The summed E-state index contributed by atoms with van der Waals surface area (Å²) in [5.41, 5.74) is 1.96. The molecule has 0 aliphatic heterocycles. The van der Waals surface area contributed by atoms with Gasteiger partial charge in [0, 0.05) is 12.0 Å². The Morgan fingerprint density at radius 3 is 2.59 bits per heavy atom. The van der Waals surface area contributed by atoms with Gasteiger partial charge in [-0.3, -0.25) is 10.1 Å². The first-order valence-electron chi connectivity index (χ1n) is 11.5. The number of carbonyl (C=O) groups excluding carboxylic acids is 1. The van der Waals surface area contributed by atoms with Crippen LogP contribution in [0, 0.1) is 17.1 Å². The molecule has 0 spiro atoms. The number of amides is 1. The van der Waals surface area contributed by atoms with Gasteiger partial charge in [0.2, 0.25) is 5.13 Å². The Balaban J connectivity index is 1.45. The molecule has 0 aliphatic carbocycles. The minimum absolute atomic E-state index is 0.0297. The van der Waals surface area contributed by atoms with Crippen molar-refractivity contribution >= 4 is 28.5 Å². The first-order chi connectivity index (χ1) is 18.1. The fraction of sp³-hybridized carbons (Fsp3) is 0.143. The van der Waals surface area contributed by atoms with Gasteiger partial charge < -0.3 is 9.47 Å². The summed E-state index contributed by atoms with van der Waals surface area (Å²) in [5, 5.41) is 21.4. The molecule has 3 aromatic carbocycles. The lowest BCUT2D eigenvalue weighted by atomic mass is 10.1. The van der Waals surface area contributed by atoms with Crippen molar-refractivity contribution in [1.29, 1.82) is 5.26 Å². The highest BCUT2D eigenvalue weighted by atomic mass is 32.1. The summed E-state index contributed by atoms with van der Waals surface area (Å²) in [4.78, 5) is 12.7. The summed E-state index contributed by atoms with van der Waals surface area (Å²) in [6, 6.07) is 23.1. The monoisotopic (exact) mass is 514 g/mol. The van der Waals surface area contributed by atoms with Gasteiger partial charge in [0.25, 0.3) is 5.91 Å². The minimum atomic E-state index is -0.595. The maximum atomic E-state index is 13.9. The van der Waals surface area contributed by atoms with Crippen molar-refractivity contribution in [3.63, 3.8) is 0 Å². The van der Waals surface area contributed by atoms with Crippen LogP contribution < -0.4 is 14.8 Å². The van der Waals surface area contributed by atoms with Crippen LogP contribution >= 0.6 is 11.3 Å². The van der Waals surface area contributed by atoms with E-state index in [1.165, 1.54) is 23.5 Å². The van der Waals surface area contributed by atoms with E-state index in [-0.39, 0.29) is 18.0 Å². The Morgan fingerprint density at radius 2 is 1.84 bits per heavy atom. The number of halogens is 1. The molecule has 1 aromatic heterocycles. The van der Waals surface area contributed by atoms with E-state index in [0.29, 0.717) is 40.8 Å². The third-order valence-corrected chi connectivity index (χ3v) is 6.01. The third kappa shape index (κ3) is 6.99. The Bertz CT molecular complexity index is 1450. The van der Waals surface area contributed by atoms with Crippen LogP contribution in [0.1, 0.15) is 28.6 Å². The second-order valence-corrected chi connectivity index (χ2v) is 8.87. The van der Waals surface area contributed by atoms with Crippen molar-refractivity contribution in [3.05, 3.63) is 106 Å². The lowest BCUT2D eigenvalue weighted by Crippen LogP contribution is -2.13. The summed E-state index contributed by atoms with van der Waals surface area (Å²) >= 11 is 1.25. The SMILES string of the molecule is CCOc1cc(C=C(C#N)C(=O)Nc2nnc(Cc3ccccc3)s2)ccc1OCc1ccccc1F. The molecular weight excluding hydrogens is 491 g/mol. The molecule has 7 nitrogen and oxygen atoms in total. The molecule has 0 saturated heterocycles. The van der Waals surface area contributed by atoms with Crippen LogP contribution in [0.5, 0.6) is 11.5 Å². The number of hydrogen-bond donors (Lipinski definition) is 1. The molecule has 0 bridgehead atoms. The summed E-state index contributed by atoms with van der Waals surface area (Å²) in [7, 11) is 0. The second-order valence-electron chi connectivity index (χ2n) is 7.81. The number of rotatable bonds is 10. The summed E-state index contributed by atoms with van der Waals surface area (Å²) in [5.74, 6) is -0.111. The minimum Gasteiger partial charge on any atom is -0.490 e. The van der Waals surface area contributed by atoms with Crippen molar-refractivity contribution in [1.82, 2.24) is 10.2 Å². The number of anilines is 1. The molecule has 4 aromatic rings. The molecule has 4 rings (SSSR count). The maximum absolute atomic E-state index is 13.9. The molecular formula is C28H23FN4O3S. The number of benzene rings is 3. The maximum Gasteiger partial charge on any atom is 0.268 e. The van der Waals surface area contributed by atoms with Gasteiger partial charge in [-0.05, 0) is 42.3 Å². The van der Waals surface area contributed by atoms with Crippen molar-refractivity contribution in [2.24, 2.45) is 0 Å². The predicted molar refractivity (Wildman–Crippen MR) is 140 cm³/mol. The van der Waals surface area contributed by atoms with Crippen molar-refractivity contribution in [3.8, 4) is 17.6 Å². The highest BCUT2D eigenvalue weighted by Gasteiger charge is 2.14. The summed E-state index contributed by atoms with van der Waals surface area (Å²) in [6.07, 6.45) is 2.05. The first kappa shape index (κ1) is 25.5. The molecule has 0 fully saturated rings. The zero-order chi connectivity index (χ0) is 26.0. The molecule has 0 atom stereocenters. The lowest BCUT2D eigenvalue weighted by molar-refractivity contribution is -0.112. The van der Waals surface area contributed by atoms with Crippen LogP contribution in [0.15, 0.2) is 78.4 Å². The molecule has 9 heteroatoms. The van der Waals surface area contributed by atoms with Crippen molar-refractivity contribution in [2.75, 3.05) is 11.9 Å². The fourth-order valence-electron chi connectivity index (χ4n) is 3.40. The summed E-state index contributed by atoms with van der Waals surface area (Å²) < 4.78 is 25.4. The Hall–Kier alpha value is -4.55. The largest absolute Gasteiger partial charge is 0.490 e. The zero-order valence-corrected chi connectivity index (χ0v) is 20.8. The highest BCUT2D eigenvalue weighted by Crippen LogP contribution is 2.30. The highest BCUT2D eigenvalue weighted by molar-refractivity contribution is 7.15. The van der Waals surface area contributed by atoms with Crippen LogP contribution in [-0.4, -0.2) is 22.7 Å². The van der Waals surface area contributed by atoms with Crippen LogP contribution in [0.25, 0.3) is 6.08 Å². The molecule has 0 aliphatic rings. The van der Waals surface area contributed by atoms with Gasteiger partial charge in [-0.2, -0.15) is 5.26 Å². The lowest BCUT2D eigenvalue weighted by Gasteiger charge is -2.13. The van der Waals surface area contributed by atoms with E-state index < -0.39 is 5.91 Å². The number of nitriles is 1. The van der Waals surface area contributed by atoms with Crippen LogP contribution in [-0.2, 0) is 17.8 Å². The number of nitrogens with zero attached hydrogens (tertiary/aromatic N) is 3. The smallest absolute Gasteiger partial charge is 0.268 e. The molecule has 1 N–H and O–H groups in total. The van der Waals surface area contributed by atoms with E-state index in [1.54, 1.807) is 36.4 Å². The van der Waals surface area contributed by atoms with Crippen molar-refractivity contribution < 1.29 is 18.7 Å². The Labute approximate surface area is 217 Å². The van der Waals surface area contributed by atoms with E-state index in [4.69, 9.17) is 9.47 Å². The van der Waals surface area contributed by atoms with Gasteiger partial charge in [-0.25, -0.2) is 4.39 Å². The number of nitrogens with one attached hydrogen (secondary N) is 1. The Morgan fingerprint density at radius 1 is 1.05 bits per heavy atom. The summed E-state index contributed by atoms with van der Waals surface area (Å²) in [6.45, 7) is 2.23. The molecule has 1 amide bonds. The first-order valence-corrected chi connectivity index (χ1v) is 12.3. The molecule has 1 heterocycles. The average Bonchev–Trinajstić information content (AvgIpc) is 3.34. The van der Waals surface area contributed by atoms with Crippen LogP contribution in [0.3, 0.4) is 0 Å². The average molecular weight is 515 g/mol. The van der Waals surface area contributed by atoms with Crippen LogP contribution in [0.4, 0.5) is 9.52 Å². The van der Waals surface area contributed by atoms with Gasteiger partial charge in [0.1, 0.15) is 29.1 Å². The normalized spacial score (nSPS) is 11.0. The van der Waals surface area contributed by atoms with Crippen LogP contribution in [0.2, 0.25) is 0 Å². The van der Waals surface area contributed by atoms with Gasteiger partial charge in [-0.1, -0.05) is 65.9 Å². The molecule has 186 valence electrons. The zero-order valence-electron chi connectivity index (χ0n) is 20.0. The standard InChI is InChI=1S/C28H23FN4O3S/c1-2-35-25-15-20(12-13-24(25)36-18-21-10-6-7-11-23(21)29)14-22(17-30)27(34)31-28-33-32-26(37-28)16-19-8-4-3-5-9-19/h3-15H,2,16,18H2,1H3,(H,31,33,34). The number of ether oxygens (including phenoxy) is 2. The number of hydrogen-bond acceptors (Lipinski definition) is 7. The van der Waals surface area contributed by atoms with E-state index in [2.05, 4.69) is 15.5 Å². The van der Waals surface area contributed by atoms with E-state index in [1.807, 2.05) is 43.3 Å². The molecule has 0 unspecified atom stereocenters. The van der Waals surface area contributed by atoms with Crippen molar-refractivity contribution in [2.45, 2.75) is 20.0 Å². The Kier molecular flexibility index (Phi) is 8.57. The van der Waals surface area contributed by atoms with E-state index >= 15 is 0 Å². The van der Waals surface area contributed by atoms with E-state index in [9.17, 15) is 14.4 Å². The number of carbonyl (C=O) groups is 1. The van der Waals surface area contributed by atoms with Gasteiger partial charge in [-0.15, -0.1) is 10.2 Å². The predicted octanol–water partition coefficient (Wildman–Crippen LogP) is 5.79. The fourth-order valence-corrected chi connectivity index (χ4v) is 4.17. The molecule has 0 saturated carbocycles. The molecule has 37 heavy (non-hydrogen) atoms. The van der Waals surface area contributed by atoms with Gasteiger partial charge in [0.05, 0.1) is 6.61 Å². The van der Waals surface area contributed by atoms with Gasteiger partial charge in [0.15, 0.2) is 11.5 Å². The second kappa shape index (κ2) is 12.4. The van der Waals surface area contributed by atoms with E-state index in [0.717, 1.165) is 10.6 Å². The number of aromatic nitrogens is 2. The third-order valence-electron chi connectivity index (χ3n) is 5.17. The topological polar surface area (TPSA) is 97.1 Å². The molecule has 0 radical (unpaired) electrons. The van der Waals surface area contributed by atoms with Gasteiger partial charge >= 0.3 is 0 Å².